The number of carbonyl (C=O) groups excluding carboxylic acids is 1. The summed E-state index contributed by atoms with van der Waals surface area (Å²) < 4.78 is 5.41. The fraction of sp³-hybridized carbons (Fsp3) is 0.533. The van der Waals surface area contributed by atoms with Gasteiger partial charge in [-0.05, 0) is 33.0 Å². The number of hydrogen-bond donors (Lipinski definition) is 2. The molecule has 0 bridgehead atoms. The minimum absolute atomic E-state index is 0.0434. The number of nitrogens with one attached hydrogen (secondary N) is 2. The smallest absolute Gasteiger partial charge is 0.246 e. The van der Waals surface area contributed by atoms with E-state index in [0.29, 0.717) is 18.2 Å². The lowest BCUT2D eigenvalue weighted by Gasteiger charge is -2.25. The molecule has 1 heterocycles. The Kier molecular flexibility index (Phi) is 5.45. The normalized spacial score (nSPS) is 16.8. The van der Waals surface area contributed by atoms with Gasteiger partial charge in [-0.25, -0.2) is 0 Å². The van der Waals surface area contributed by atoms with Gasteiger partial charge in [-0.2, -0.15) is 0 Å². The summed E-state index contributed by atoms with van der Waals surface area (Å²) in [6.07, 6.45) is 0. The molecule has 1 atom stereocenters. The van der Waals surface area contributed by atoms with Crippen molar-refractivity contribution in [3.8, 4) is 0 Å². The first kappa shape index (κ1) is 16.1. The maximum Gasteiger partial charge on any atom is 0.246 e. The van der Waals surface area contributed by atoms with Gasteiger partial charge in [0, 0.05) is 30.9 Å². The summed E-state index contributed by atoms with van der Waals surface area (Å²) >= 11 is 6.41. The summed E-state index contributed by atoms with van der Waals surface area (Å²) in [5.74, 6) is -0.0434. The van der Waals surface area contributed by atoms with E-state index in [2.05, 4.69) is 22.5 Å². The highest BCUT2D eigenvalue weighted by Gasteiger charge is 2.30. The quantitative estimate of drug-likeness (QED) is 0.759. The third-order valence-corrected chi connectivity index (χ3v) is 3.97. The van der Waals surface area contributed by atoms with Crippen molar-refractivity contribution in [2.24, 2.45) is 0 Å². The monoisotopic (exact) mass is 311 g/mol. The number of benzene rings is 1. The molecule has 0 aromatic heterocycles. The molecule has 2 N–H and O–H groups in total. The third-order valence-electron chi connectivity index (χ3n) is 3.67. The first-order chi connectivity index (χ1) is 10.1. The van der Waals surface area contributed by atoms with Gasteiger partial charge in [0.25, 0.3) is 0 Å². The molecule has 5 nitrogen and oxygen atoms in total. The molecule has 2 rings (SSSR count). The molecule has 0 spiro atoms. The van der Waals surface area contributed by atoms with Gasteiger partial charge in [0.2, 0.25) is 5.91 Å². The Balaban J connectivity index is 2.26. The molecular formula is C15H22ClN3O2. The topological polar surface area (TPSA) is 53.6 Å². The van der Waals surface area contributed by atoms with Crippen LogP contribution in [0.5, 0.6) is 0 Å². The van der Waals surface area contributed by atoms with E-state index in [4.69, 9.17) is 16.3 Å². The van der Waals surface area contributed by atoms with Crippen LogP contribution in [0.4, 0.5) is 11.4 Å². The molecule has 1 unspecified atom stereocenters. The first-order valence-corrected chi connectivity index (χ1v) is 7.64. The molecule has 0 fully saturated rings. The lowest BCUT2D eigenvalue weighted by Crippen LogP contribution is -2.27. The fourth-order valence-electron chi connectivity index (χ4n) is 2.57. The average molecular weight is 312 g/mol. The van der Waals surface area contributed by atoms with Gasteiger partial charge >= 0.3 is 0 Å². The standard InChI is InChI=1S/C15H22ClN3O2/c1-4-19(6-7-21-5-2)13-9-12-10(8-11(13)16)14(17-3)15(20)18-12/h8-9,14,17H,4-7H2,1-3H3,(H,18,20). The second-order valence-corrected chi connectivity index (χ2v) is 5.29. The molecule has 1 aliphatic rings. The van der Waals surface area contributed by atoms with Gasteiger partial charge in [0.1, 0.15) is 6.04 Å². The second-order valence-electron chi connectivity index (χ2n) is 4.88. The zero-order valence-electron chi connectivity index (χ0n) is 12.7. The van der Waals surface area contributed by atoms with Gasteiger partial charge in [0.15, 0.2) is 0 Å². The maximum absolute atomic E-state index is 11.9. The Morgan fingerprint density at radius 3 is 2.81 bits per heavy atom. The number of hydrogen-bond acceptors (Lipinski definition) is 4. The molecule has 116 valence electrons. The Labute approximate surface area is 130 Å². The Hall–Kier alpha value is -1.30. The van der Waals surface area contributed by atoms with Crippen molar-refractivity contribution in [2.45, 2.75) is 19.9 Å². The zero-order valence-corrected chi connectivity index (χ0v) is 13.5. The lowest BCUT2D eigenvalue weighted by molar-refractivity contribution is -0.117. The van der Waals surface area contributed by atoms with Gasteiger partial charge < -0.3 is 20.3 Å². The summed E-state index contributed by atoms with van der Waals surface area (Å²) in [6.45, 7) is 7.01. The van der Waals surface area contributed by atoms with Gasteiger partial charge in [0.05, 0.1) is 17.3 Å². The molecule has 21 heavy (non-hydrogen) atoms. The van der Waals surface area contributed by atoms with Crippen LogP contribution < -0.4 is 15.5 Å². The molecule has 0 saturated heterocycles. The highest BCUT2D eigenvalue weighted by Crippen LogP contribution is 2.38. The number of halogens is 1. The molecule has 1 amide bonds. The second kappa shape index (κ2) is 7.11. The fourth-order valence-corrected chi connectivity index (χ4v) is 2.86. The van der Waals surface area contributed by atoms with Crippen molar-refractivity contribution in [2.75, 3.05) is 43.6 Å². The van der Waals surface area contributed by atoms with Gasteiger partial charge in [-0.1, -0.05) is 11.6 Å². The van der Waals surface area contributed by atoms with E-state index in [1.54, 1.807) is 7.05 Å². The number of ether oxygens (including phenoxy) is 1. The average Bonchev–Trinajstić information content (AvgIpc) is 2.77. The van der Waals surface area contributed by atoms with Crippen molar-refractivity contribution in [3.05, 3.63) is 22.7 Å². The molecule has 0 radical (unpaired) electrons. The van der Waals surface area contributed by atoms with E-state index >= 15 is 0 Å². The van der Waals surface area contributed by atoms with E-state index in [1.165, 1.54) is 0 Å². The summed E-state index contributed by atoms with van der Waals surface area (Å²) in [7, 11) is 1.77. The Morgan fingerprint density at radius 1 is 1.43 bits per heavy atom. The van der Waals surface area contributed by atoms with E-state index in [0.717, 1.165) is 30.0 Å². The van der Waals surface area contributed by atoms with Crippen molar-refractivity contribution < 1.29 is 9.53 Å². The highest BCUT2D eigenvalue weighted by atomic mass is 35.5. The molecular weight excluding hydrogens is 290 g/mol. The maximum atomic E-state index is 11.9. The predicted octanol–water partition coefficient (Wildman–Crippen LogP) is 2.42. The summed E-state index contributed by atoms with van der Waals surface area (Å²) in [6, 6.07) is 3.49. The van der Waals surface area contributed by atoms with E-state index < -0.39 is 0 Å². The number of carbonyl (C=O) groups is 1. The molecule has 1 aromatic rings. The minimum atomic E-state index is -0.329. The number of rotatable bonds is 7. The number of anilines is 2. The summed E-state index contributed by atoms with van der Waals surface area (Å²) in [4.78, 5) is 14.0. The third kappa shape index (κ3) is 3.31. The SMILES string of the molecule is CCOCCN(CC)c1cc2c(cc1Cl)C(NC)C(=O)N2. The van der Waals surface area contributed by atoms with Crippen molar-refractivity contribution >= 4 is 28.9 Å². The van der Waals surface area contributed by atoms with Crippen molar-refractivity contribution in [3.63, 3.8) is 0 Å². The van der Waals surface area contributed by atoms with Crippen LogP contribution in [0.1, 0.15) is 25.5 Å². The van der Waals surface area contributed by atoms with Crippen LogP contribution >= 0.6 is 11.6 Å². The van der Waals surface area contributed by atoms with Crippen LogP contribution in [-0.4, -0.2) is 39.3 Å². The lowest BCUT2D eigenvalue weighted by atomic mass is 10.1. The summed E-state index contributed by atoms with van der Waals surface area (Å²) in [5.41, 5.74) is 2.65. The van der Waals surface area contributed by atoms with Gasteiger partial charge in [-0.3, -0.25) is 4.79 Å². The minimum Gasteiger partial charge on any atom is -0.380 e. The first-order valence-electron chi connectivity index (χ1n) is 7.26. The van der Waals surface area contributed by atoms with E-state index in [1.807, 2.05) is 19.1 Å². The number of amides is 1. The van der Waals surface area contributed by atoms with E-state index in [-0.39, 0.29) is 11.9 Å². The van der Waals surface area contributed by atoms with Crippen molar-refractivity contribution in [1.82, 2.24) is 5.32 Å². The predicted molar refractivity (Wildman–Crippen MR) is 86.3 cm³/mol. The molecule has 0 saturated carbocycles. The molecule has 1 aromatic carbocycles. The van der Waals surface area contributed by atoms with Gasteiger partial charge in [-0.15, -0.1) is 0 Å². The van der Waals surface area contributed by atoms with E-state index in [9.17, 15) is 4.79 Å². The summed E-state index contributed by atoms with van der Waals surface area (Å²) in [5, 5.41) is 6.55. The van der Waals surface area contributed by atoms with Crippen LogP contribution in [-0.2, 0) is 9.53 Å². The largest absolute Gasteiger partial charge is 0.380 e. The van der Waals surface area contributed by atoms with Crippen molar-refractivity contribution in [1.29, 1.82) is 0 Å². The van der Waals surface area contributed by atoms with Crippen LogP contribution in [0.25, 0.3) is 0 Å². The molecule has 6 heteroatoms. The van der Waals surface area contributed by atoms with Crippen LogP contribution in [0.3, 0.4) is 0 Å². The Morgan fingerprint density at radius 2 is 2.19 bits per heavy atom. The Bertz CT molecular complexity index is 522. The number of nitrogens with zero attached hydrogens (tertiary/aromatic N) is 1. The molecule has 0 aliphatic carbocycles. The zero-order chi connectivity index (χ0) is 15.4. The number of fused-ring (bicyclic) bond motifs is 1. The number of likely N-dealkylation sites (N-methyl/N-ethyl adjacent to an activating group) is 2. The highest BCUT2D eigenvalue weighted by molar-refractivity contribution is 6.33. The van der Waals surface area contributed by atoms with Crippen LogP contribution in [0.2, 0.25) is 5.02 Å². The van der Waals surface area contributed by atoms with Crippen LogP contribution in [0, 0.1) is 0 Å². The molecule has 1 aliphatic heterocycles. The van der Waals surface area contributed by atoms with Crippen LogP contribution in [0.15, 0.2) is 12.1 Å².